The molecule has 0 saturated carbocycles. The third kappa shape index (κ3) is 3.18. The summed E-state index contributed by atoms with van der Waals surface area (Å²) in [5, 5.41) is 4.22. The van der Waals surface area contributed by atoms with E-state index in [0.29, 0.717) is 11.5 Å². The molecule has 148 valence electrons. The monoisotopic (exact) mass is 392 g/mol. The van der Waals surface area contributed by atoms with Crippen molar-refractivity contribution < 1.29 is 19.0 Å². The second-order valence-corrected chi connectivity index (χ2v) is 6.44. The lowest BCUT2D eigenvalue weighted by atomic mass is 10.1. The Kier molecular flexibility index (Phi) is 4.67. The fourth-order valence-electron chi connectivity index (χ4n) is 3.31. The number of hydrogen-bond donors (Lipinski definition) is 0. The van der Waals surface area contributed by atoms with Gasteiger partial charge >= 0.3 is 5.97 Å². The van der Waals surface area contributed by atoms with Crippen molar-refractivity contribution in [3.8, 4) is 33.9 Å². The lowest BCUT2D eigenvalue weighted by Gasteiger charge is -2.14. The first-order valence-electron chi connectivity index (χ1n) is 8.86. The van der Waals surface area contributed by atoms with Gasteiger partial charge in [-0.05, 0) is 29.8 Å². The molecule has 0 saturated heterocycles. The molecule has 0 atom stereocenters. The number of carbonyl (C=O) groups excluding carboxylic acids is 1. The van der Waals surface area contributed by atoms with E-state index in [9.17, 15) is 4.79 Å². The van der Waals surface area contributed by atoms with Crippen LogP contribution >= 0.6 is 0 Å². The first-order chi connectivity index (χ1) is 14.0. The van der Waals surface area contributed by atoms with E-state index in [0.717, 1.165) is 28.0 Å². The maximum Gasteiger partial charge on any atom is 0.345 e. The van der Waals surface area contributed by atoms with E-state index >= 15 is 0 Å². The van der Waals surface area contributed by atoms with Crippen molar-refractivity contribution in [1.29, 1.82) is 0 Å². The molecule has 8 heteroatoms. The minimum atomic E-state index is -0.524. The van der Waals surface area contributed by atoms with Gasteiger partial charge < -0.3 is 14.2 Å². The number of benzene rings is 1. The van der Waals surface area contributed by atoms with E-state index in [4.69, 9.17) is 14.2 Å². The Morgan fingerprint density at radius 3 is 2.28 bits per heavy atom. The van der Waals surface area contributed by atoms with Gasteiger partial charge in [0.1, 0.15) is 22.7 Å². The van der Waals surface area contributed by atoms with Crippen molar-refractivity contribution in [3.63, 3.8) is 0 Å². The highest BCUT2D eigenvalue weighted by atomic mass is 16.5. The van der Waals surface area contributed by atoms with Crippen LogP contribution in [-0.4, -0.2) is 46.5 Å². The molecule has 0 aliphatic heterocycles. The van der Waals surface area contributed by atoms with Gasteiger partial charge in [-0.1, -0.05) is 0 Å². The maximum atomic E-state index is 12.2. The Balaban J connectivity index is 1.83. The smallest absolute Gasteiger partial charge is 0.345 e. The van der Waals surface area contributed by atoms with Crippen LogP contribution in [0.15, 0.2) is 49.1 Å². The van der Waals surface area contributed by atoms with E-state index in [2.05, 4.69) is 10.1 Å². The zero-order valence-corrected chi connectivity index (χ0v) is 16.5. The lowest BCUT2D eigenvalue weighted by molar-refractivity contribution is 0.0593. The Morgan fingerprint density at radius 2 is 1.69 bits per heavy atom. The Bertz CT molecular complexity index is 1180. The third-order valence-corrected chi connectivity index (χ3v) is 4.74. The van der Waals surface area contributed by atoms with E-state index < -0.39 is 5.97 Å². The number of fused-ring (bicyclic) bond motifs is 1. The molecule has 0 radical (unpaired) electrons. The highest BCUT2D eigenvalue weighted by molar-refractivity contribution is 5.96. The minimum absolute atomic E-state index is 0.244. The summed E-state index contributed by atoms with van der Waals surface area (Å²) >= 11 is 0. The maximum absolute atomic E-state index is 12.2. The molecule has 4 aromatic rings. The van der Waals surface area contributed by atoms with E-state index in [-0.39, 0.29) is 5.56 Å². The van der Waals surface area contributed by atoms with Crippen molar-refractivity contribution >= 4 is 11.6 Å². The molecule has 0 spiro atoms. The highest BCUT2D eigenvalue weighted by Gasteiger charge is 2.22. The van der Waals surface area contributed by atoms with Crippen molar-refractivity contribution in [2.24, 2.45) is 7.05 Å². The van der Waals surface area contributed by atoms with Crippen LogP contribution in [0.4, 0.5) is 0 Å². The molecule has 29 heavy (non-hydrogen) atoms. The second kappa shape index (κ2) is 7.31. The molecular weight excluding hydrogens is 372 g/mol. The number of methoxy groups -OCH3 is 3. The number of hydrogen-bond acceptors (Lipinski definition) is 6. The SMILES string of the molecule is COC(=O)c1c(OC)cc(-c2cnc3cc(-c4cnn(C)c4)ccn23)cc1OC. The second-order valence-electron chi connectivity index (χ2n) is 6.44. The fourth-order valence-corrected chi connectivity index (χ4v) is 3.31. The summed E-state index contributed by atoms with van der Waals surface area (Å²) in [7, 11) is 6.20. The van der Waals surface area contributed by atoms with Gasteiger partial charge in [-0.15, -0.1) is 0 Å². The number of aromatic nitrogens is 4. The summed E-state index contributed by atoms with van der Waals surface area (Å²) in [6, 6.07) is 7.55. The van der Waals surface area contributed by atoms with Crippen LogP contribution in [0.3, 0.4) is 0 Å². The van der Waals surface area contributed by atoms with Crippen LogP contribution < -0.4 is 9.47 Å². The number of pyridine rings is 1. The molecule has 1 aromatic carbocycles. The van der Waals surface area contributed by atoms with E-state index in [1.165, 1.54) is 21.3 Å². The molecule has 0 aliphatic rings. The van der Waals surface area contributed by atoms with Gasteiger partial charge in [0.25, 0.3) is 0 Å². The predicted octanol–water partition coefficient (Wildman–Crippen LogP) is 3.21. The van der Waals surface area contributed by atoms with Crippen LogP contribution in [0, 0.1) is 0 Å². The summed E-state index contributed by atoms with van der Waals surface area (Å²) in [6.07, 6.45) is 7.50. The predicted molar refractivity (Wildman–Crippen MR) is 107 cm³/mol. The average molecular weight is 392 g/mol. The van der Waals surface area contributed by atoms with Crippen molar-refractivity contribution in [3.05, 3.63) is 54.6 Å². The summed E-state index contributed by atoms with van der Waals surface area (Å²) in [6.45, 7) is 0. The van der Waals surface area contributed by atoms with Crippen LogP contribution in [-0.2, 0) is 11.8 Å². The number of carbonyl (C=O) groups is 1. The van der Waals surface area contributed by atoms with Crippen LogP contribution in [0.25, 0.3) is 28.0 Å². The zero-order valence-electron chi connectivity index (χ0n) is 16.5. The Morgan fingerprint density at radius 1 is 0.966 bits per heavy atom. The molecule has 0 aliphatic carbocycles. The van der Waals surface area contributed by atoms with Gasteiger partial charge in [0, 0.05) is 30.6 Å². The minimum Gasteiger partial charge on any atom is -0.496 e. The molecule has 3 heterocycles. The molecule has 0 N–H and O–H groups in total. The lowest BCUT2D eigenvalue weighted by Crippen LogP contribution is -2.07. The van der Waals surface area contributed by atoms with Gasteiger partial charge in [0.15, 0.2) is 0 Å². The standard InChI is InChI=1S/C21H20N4O4/c1-24-12-15(10-23-24)13-5-6-25-16(11-22-19(25)9-13)14-7-17(27-2)20(21(26)29-4)18(8-14)28-3/h5-12H,1-4H3. The molecule has 8 nitrogen and oxygen atoms in total. The Hall–Kier alpha value is -3.81. The van der Waals surface area contributed by atoms with Crippen molar-refractivity contribution in [2.75, 3.05) is 21.3 Å². The molecule has 0 bridgehead atoms. The summed E-state index contributed by atoms with van der Waals surface area (Å²) in [4.78, 5) is 16.7. The molecule has 4 rings (SSSR count). The average Bonchev–Trinajstić information content (AvgIpc) is 3.37. The first kappa shape index (κ1) is 18.5. The summed E-state index contributed by atoms with van der Waals surface area (Å²) < 4.78 is 19.4. The number of esters is 1. The highest BCUT2D eigenvalue weighted by Crippen LogP contribution is 2.36. The Labute approximate surface area is 167 Å². The van der Waals surface area contributed by atoms with Crippen molar-refractivity contribution in [1.82, 2.24) is 19.2 Å². The quantitative estimate of drug-likeness (QED) is 0.485. The molecule has 0 fully saturated rings. The van der Waals surface area contributed by atoms with E-state index in [1.807, 2.05) is 42.2 Å². The van der Waals surface area contributed by atoms with E-state index in [1.54, 1.807) is 23.0 Å². The number of nitrogens with zero attached hydrogens (tertiary/aromatic N) is 4. The number of rotatable bonds is 5. The summed E-state index contributed by atoms with van der Waals surface area (Å²) in [5.41, 5.74) is 4.72. The van der Waals surface area contributed by atoms with Gasteiger partial charge in [-0.25, -0.2) is 9.78 Å². The number of aryl methyl sites for hydroxylation is 1. The first-order valence-corrected chi connectivity index (χ1v) is 8.86. The van der Waals surface area contributed by atoms with Gasteiger partial charge in [-0.2, -0.15) is 5.10 Å². The summed E-state index contributed by atoms with van der Waals surface area (Å²) in [5.74, 6) is 0.214. The van der Waals surface area contributed by atoms with Crippen molar-refractivity contribution in [2.45, 2.75) is 0 Å². The molecule has 3 aromatic heterocycles. The molecular formula is C21H20N4O4. The van der Waals surface area contributed by atoms with Gasteiger partial charge in [0.2, 0.25) is 0 Å². The third-order valence-electron chi connectivity index (χ3n) is 4.74. The molecule has 0 amide bonds. The number of imidazole rings is 1. The van der Waals surface area contributed by atoms with Crippen LogP contribution in [0.5, 0.6) is 11.5 Å². The topological polar surface area (TPSA) is 79.9 Å². The normalized spacial score (nSPS) is 10.9. The number of ether oxygens (including phenoxy) is 3. The fraction of sp³-hybridized carbons (Fsp3) is 0.190. The van der Waals surface area contributed by atoms with Gasteiger partial charge in [-0.3, -0.25) is 9.08 Å². The largest absolute Gasteiger partial charge is 0.496 e. The zero-order chi connectivity index (χ0) is 20.5. The molecule has 0 unspecified atom stereocenters. The van der Waals surface area contributed by atoms with Crippen LogP contribution in [0.2, 0.25) is 0 Å². The van der Waals surface area contributed by atoms with Gasteiger partial charge in [0.05, 0.1) is 39.4 Å². The van der Waals surface area contributed by atoms with Crippen LogP contribution in [0.1, 0.15) is 10.4 Å².